The Bertz CT molecular complexity index is 754. The first-order valence-corrected chi connectivity index (χ1v) is 5.80. The fourth-order valence-electron chi connectivity index (χ4n) is 1.92. The molecular weight excluding hydrogens is 246 g/mol. The molecule has 0 saturated carbocycles. The van der Waals surface area contributed by atoms with E-state index in [1.54, 1.807) is 22.7 Å². The summed E-state index contributed by atoms with van der Waals surface area (Å²) in [4.78, 5) is 4.47. The molecule has 0 aliphatic rings. The Balaban J connectivity index is 2.34. The van der Waals surface area contributed by atoms with Crippen molar-refractivity contribution in [2.75, 3.05) is 0 Å². The van der Waals surface area contributed by atoms with Crippen LogP contribution in [0.3, 0.4) is 0 Å². The number of imidazole rings is 1. The van der Waals surface area contributed by atoms with E-state index in [9.17, 15) is 5.26 Å². The van der Waals surface area contributed by atoms with Crippen LogP contribution in [0.25, 0.3) is 16.9 Å². The quantitative estimate of drug-likeness (QED) is 0.666. The van der Waals surface area contributed by atoms with Crippen LogP contribution in [0.4, 0.5) is 0 Å². The topological polar surface area (TPSA) is 41.1 Å². The van der Waals surface area contributed by atoms with E-state index in [4.69, 9.17) is 11.6 Å². The van der Waals surface area contributed by atoms with Crippen molar-refractivity contribution in [3.05, 3.63) is 59.4 Å². The van der Waals surface area contributed by atoms with Crippen molar-refractivity contribution in [3.63, 3.8) is 0 Å². The van der Waals surface area contributed by atoms with Crippen LogP contribution < -0.4 is 0 Å². The van der Waals surface area contributed by atoms with E-state index in [1.165, 1.54) is 0 Å². The number of fused-ring (bicyclic) bond motifs is 1. The Hall–Kier alpha value is -2.31. The van der Waals surface area contributed by atoms with Crippen LogP contribution in [-0.2, 0) is 0 Å². The fraction of sp³-hybridized carbons (Fsp3) is 0. The first kappa shape index (κ1) is 10.8. The number of nitriles is 1. The van der Waals surface area contributed by atoms with E-state index in [2.05, 4.69) is 11.1 Å². The molecule has 0 saturated heterocycles. The van der Waals surface area contributed by atoms with Gasteiger partial charge in [-0.05, 0) is 6.07 Å². The second kappa shape index (κ2) is 4.17. The SMILES string of the molecule is N#Cc1c(-c2ccccc2)nc2cc(Cl)ccn12. The lowest BCUT2D eigenvalue weighted by atomic mass is 10.1. The van der Waals surface area contributed by atoms with E-state index in [1.807, 2.05) is 30.3 Å². The molecule has 18 heavy (non-hydrogen) atoms. The van der Waals surface area contributed by atoms with Gasteiger partial charge in [-0.15, -0.1) is 0 Å². The van der Waals surface area contributed by atoms with Crippen LogP contribution in [0.15, 0.2) is 48.7 Å². The second-order valence-electron chi connectivity index (χ2n) is 3.86. The van der Waals surface area contributed by atoms with Gasteiger partial charge in [0, 0.05) is 22.8 Å². The summed E-state index contributed by atoms with van der Waals surface area (Å²) in [7, 11) is 0. The van der Waals surface area contributed by atoms with E-state index in [0.717, 1.165) is 5.56 Å². The molecule has 0 amide bonds. The molecule has 0 spiro atoms. The number of nitrogens with zero attached hydrogens (tertiary/aromatic N) is 3. The summed E-state index contributed by atoms with van der Waals surface area (Å²) >= 11 is 5.93. The Morgan fingerprint density at radius 1 is 1.17 bits per heavy atom. The van der Waals surface area contributed by atoms with Gasteiger partial charge in [0.15, 0.2) is 5.69 Å². The molecule has 0 aliphatic carbocycles. The summed E-state index contributed by atoms with van der Waals surface area (Å²) in [6.07, 6.45) is 1.76. The highest BCUT2D eigenvalue weighted by atomic mass is 35.5. The Morgan fingerprint density at radius 3 is 2.67 bits per heavy atom. The smallest absolute Gasteiger partial charge is 0.152 e. The van der Waals surface area contributed by atoms with Crippen LogP contribution in [0.5, 0.6) is 0 Å². The largest absolute Gasteiger partial charge is 0.291 e. The lowest BCUT2D eigenvalue weighted by Crippen LogP contribution is -1.88. The van der Waals surface area contributed by atoms with Gasteiger partial charge in [-0.25, -0.2) is 4.98 Å². The zero-order chi connectivity index (χ0) is 12.5. The molecule has 0 bridgehead atoms. The molecule has 3 rings (SSSR count). The minimum Gasteiger partial charge on any atom is -0.291 e. The Kier molecular flexibility index (Phi) is 2.51. The van der Waals surface area contributed by atoms with Crippen molar-refractivity contribution in [3.8, 4) is 17.3 Å². The number of rotatable bonds is 1. The molecule has 2 heterocycles. The standard InChI is InChI=1S/C14H8ClN3/c15-11-6-7-18-12(9-16)14(17-13(18)8-11)10-4-2-1-3-5-10/h1-8H. The molecule has 86 valence electrons. The maximum Gasteiger partial charge on any atom is 0.152 e. The van der Waals surface area contributed by atoms with Crippen LogP contribution in [0, 0.1) is 11.3 Å². The normalized spacial score (nSPS) is 10.4. The third-order valence-electron chi connectivity index (χ3n) is 2.74. The zero-order valence-electron chi connectivity index (χ0n) is 9.34. The summed E-state index contributed by atoms with van der Waals surface area (Å²) in [5.74, 6) is 0. The molecule has 4 heteroatoms. The third-order valence-corrected chi connectivity index (χ3v) is 2.98. The molecule has 0 atom stereocenters. The van der Waals surface area contributed by atoms with Gasteiger partial charge in [0.05, 0.1) is 0 Å². The molecule has 0 radical (unpaired) electrons. The molecule has 0 aliphatic heterocycles. The highest BCUT2D eigenvalue weighted by Crippen LogP contribution is 2.24. The van der Waals surface area contributed by atoms with Crippen LogP contribution in [-0.4, -0.2) is 9.38 Å². The predicted octanol–water partition coefficient (Wildman–Crippen LogP) is 3.53. The van der Waals surface area contributed by atoms with Gasteiger partial charge < -0.3 is 0 Å². The van der Waals surface area contributed by atoms with Crippen molar-refractivity contribution in [1.82, 2.24) is 9.38 Å². The molecular formula is C14H8ClN3. The molecule has 3 nitrogen and oxygen atoms in total. The number of benzene rings is 1. The number of halogens is 1. The van der Waals surface area contributed by atoms with E-state index in [0.29, 0.717) is 22.1 Å². The van der Waals surface area contributed by atoms with Crippen molar-refractivity contribution in [2.24, 2.45) is 0 Å². The first-order valence-electron chi connectivity index (χ1n) is 5.43. The van der Waals surface area contributed by atoms with Gasteiger partial charge >= 0.3 is 0 Å². The van der Waals surface area contributed by atoms with E-state index < -0.39 is 0 Å². The highest BCUT2D eigenvalue weighted by Gasteiger charge is 2.13. The van der Waals surface area contributed by atoms with Gasteiger partial charge in [0.25, 0.3) is 0 Å². The van der Waals surface area contributed by atoms with Crippen molar-refractivity contribution >= 4 is 17.2 Å². The third kappa shape index (κ3) is 1.64. The average Bonchev–Trinajstić information content (AvgIpc) is 2.77. The van der Waals surface area contributed by atoms with Gasteiger partial charge in [-0.1, -0.05) is 41.9 Å². The van der Waals surface area contributed by atoms with E-state index in [-0.39, 0.29) is 0 Å². The highest BCUT2D eigenvalue weighted by molar-refractivity contribution is 6.30. The monoisotopic (exact) mass is 253 g/mol. The molecule has 0 fully saturated rings. The van der Waals surface area contributed by atoms with Crippen LogP contribution in [0.2, 0.25) is 5.02 Å². The number of pyridine rings is 1. The van der Waals surface area contributed by atoms with Gasteiger partial charge in [-0.2, -0.15) is 5.26 Å². The minimum atomic E-state index is 0.521. The Labute approximate surface area is 109 Å². The summed E-state index contributed by atoms with van der Waals surface area (Å²) in [5.41, 5.74) is 2.81. The number of hydrogen-bond donors (Lipinski definition) is 0. The lowest BCUT2D eigenvalue weighted by Gasteiger charge is -1.96. The van der Waals surface area contributed by atoms with Crippen LogP contribution in [0.1, 0.15) is 5.69 Å². The van der Waals surface area contributed by atoms with Gasteiger partial charge in [0.1, 0.15) is 17.4 Å². The van der Waals surface area contributed by atoms with Gasteiger partial charge in [0.2, 0.25) is 0 Å². The molecule has 2 aromatic heterocycles. The van der Waals surface area contributed by atoms with Crippen LogP contribution >= 0.6 is 11.6 Å². The molecule has 1 aromatic carbocycles. The average molecular weight is 254 g/mol. The Morgan fingerprint density at radius 2 is 1.94 bits per heavy atom. The summed E-state index contributed by atoms with van der Waals surface area (Å²) in [6, 6.07) is 15.3. The van der Waals surface area contributed by atoms with Crippen molar-refractivity contribution in [2.45, 2.75) is 0 Å². The zero-order valence-corrected chi connectivity index (χ0v) is 10.1. The van der Waals surface area contributed by atoms with Crippen molar-refractivity contribution < 1.29 is 0 Å². The fourth-order valence-corrected chi connectivity index (χ4v) is 2.08. The van der Waals surface area contributed by atoms with Gasteiger partial charge in [-0.3, -0.25) is 4.40 Å². The first-order chi connectivity index (χ1) is 8.79. The molecule has 0 N–H and O–H groups in total. The summed E-state index contributed by atoms with van der Waals surface area (Å²) in [6.45, 7) is 0. The predicted molar refractivity (Wildman–Crippen MR) is 70.4 cm³/mol. The van der Waals surface area contributed by atoms with Crippen molar-refractivity contribution in [1.29, 1.82) is 5.26 Å². The number of aromatic nitrogens is 2. The summed E-state index contributed by atoms with van der Waals surface area (Å²) < 4.78 is 1.74. The van der Waals surface area contributed by atoms with E-state index >= 15 is 0 Å². The minimum absolute atomic E-state index is 0.521. The maximum absolute atomic E-state index is 9.29. The lowest BCUT2D eigenvalue weighted by molar-refractivity contribution is 1.15. The maximum atomic E-state index is 9.29. The molecule has 0 unspecified atom stereocenters. The molecule has 3 aromatic rings. The second-order valence-corrected chi connectivity index (χ2v) is 4.30. The summed E-state index contributed by atoms with van der Waals surface area (Å²) in [5, 5.41) is 9.90. The number of hydrogen-bond acceptors (Lipinski definition) is 2.